The van der Waals surface area contributed by atoms with Crippen molar-refractivity contribution in [2.75, 3.05) is 29.2 Å². The minimum absolute atomic E-state index is 0.0466. The van der Waals surface area contributed by atoms with Gasteiger partial charge in [0.1, 0.15) is 0 Å². The standard InChI is InChI=1S/C23H23N3O2/c1-17(27)25(2)20-15-13-18(14-16-20)24-23(28)21-11-7-8-12-22(21)26(3)19-9-5-4-6-10-19/h4-16H,1-3H3,(H,24,28). The molecule has 0 aliphatic heterocycles. The molecule has 5 heteroatoms. The summed E-state index contributed by atoms with van der Waals surface area (Å²) in [5.41, 5.74) is 3.84. The van der Waals surface area contributed by atoms with Crippen LogP contribution < -0.4 is 15.1 Å². The molecular weight excluding hydrogens is 350 g/mol. The topological polar surface area (TPSA) is 52.7 Å². The Morgan fingerprint density at radius 2 is 1.36 bits per heavy atom. The van der Waals surface area contributed by atoms with E-state index in [1.54, 1.807) is 36.2 Å². The Labute approximate surface area is 165 Å². The van der Waals surface area contributed by atoms with Gasteiger partial charge in [0, 0.05) is 38.1 Å². The Bertz CT molecular complexity index is 969. The molecule has 142 valence electrons. The van der Waals surface area contributed by atoms with Crippen molar-refractivity contribution in [3.63, 3.8) is 0 Å². The third kappa shape index (κ3) is 4.20. The van der Waals surface area contributed by atoms with Crippen molar-refractivity contribution < 1.29 is 9.59 Å². The summed E-state index contributed by atoms with van der Waals surface area (Å²) in [6.45, 7) is 1.51. The molecule has 0 fully saturated rings. The van der Waals surface area contributed by atoms with Crippen LogP contribution in [0.3, 0.4) is 0 Å². The van der Waals surface area contributed by atoms with E-state index in [1.165, 1.54) is 6.92 Å². The van der Waals surface area contributed by atoms with E-state index in [0.29, 0.717) is 11.3 Å². The first-order valence-electron chi connectivity index (χ1n) is 9.01. The van der Waals surface area contributed by atoms with E-state index in [4.69, 9.17) is 0 Å². The smallest absolute Gasteiger partial charge is 0.257 e. The van der Waals surface area contributed by atoms with Crippen LogP contribution in [0.2, 0.25) is 0 Å². The van der Waals surface area contributed by atoms with Crippen molar-refractivity contribution in [3.8, 4) is 0 Å². The van der Waals surface area contributed by atoms with E-state index in [-0.39, 0.29) is 11.8 Å². The summed E-state index contributed by atoms with van der Waals surface area (Å²) in [7, 11) is 3.65. The second-order valence-electron chi connectivity index (χ2n) is 6.49. The van der Waals surface area contributed by atoms with E-state index in [0.717, 1.165) is 17.1 Å². The normalized spacial score (nSPS) is 10.2. The highest BCUT2D eigenvalue weighted by molar-refractivity contribution is 6.08. The molecule has 0 unspecified atom stereocenters. The van der Waals surface area contributed by atoms with E-state index in [2.05, 4.69) is 5.32 Å². The van der Waals surface area contributed by atoms with Crippen LogP contribution in [-0.4, -0.2) is 25.9 Å². The lowest BCUT2D eigenvalue weighted by molar-refractivity contribution is -0.116. The van der Waals surface area contributed by atoms with E-state index < -0.39 is 0 Å². The average Bonchev–Trinajstić information content (AvgIpc) is 2.73. The molecule has 3 aromatic carbocycles. The van der Waals surface area contributed by atoms with Crippen LogP contribution in [0.1, 0.15) is 17.3 Å². The van der Waals surface area contributed by atoms with Crippen LogP contribution in [0.4, 0.5) is 22.7 Å². The van der Waals surface area contributed by atoms with Crippen LogP contribution in [0, 0.1) is 0 Å². The van der Waals surface area contributed by atoms with Gasteiger partial charge in [-0.3, -0.25) is 9.59 Å². The molecule has 1 N–H and O–H groups in total. The number of benzene rings is 3. The van der Waals surface area contributed by atoms with Crippen molar-refractivity contribution in [2.45, 2.75) is 6.92 Å². The Morgan fingerprint density at radius 3 is 2.00 bits per heavy atom. The number of carbonyl (C=O) groups is 2. The van der Waals surface area contributed by atoms with Crippen molar-refractivity contribution in [2.24, 2.45) is 0 Å². The van der Waals surface area contributed by atoms with Gasteiger partial charge >= 0.3 is 0 Å². The van der Waals surface area contributed by atoms with Gasteiger partial charge in [0.15, 0.2) is 0 Å². The average molecular weight is 373 g/mol. The molecule has 0 radical (unpaired) electrons. The summed E-state index contributed by atoms with van der Waals surface area (Å²) in [5, 5.41) is 2.93. The molecule has 0 saturated heterocycles. The zero-order valence-electron chi connectivity index (χ0n) is 16.2. The fourth-order valence-corrected chi connectivity index (χ4v) is 2.90. The highest BCUT2D eigenvalue weighted by Crippen LogP contribution is 2.27. The van der Waals surface area contributed by atoms with Crippen molar-refractivity contribution in [1.82, 2.24) is 0 Å². The number of nitrogens with one attached hydrogen (secondary N) is 1. The first-order chi connectivity index (χ1) is 13.5. The van der Waals surface area contributed by atoms with E-state index in [1.807, 2.05) is 66.5 Å². The van der Waals surface area contributed by atoms with Crippen LogP contribution in [0.5, 0.6) is 0 Å². The summed E-state index contributed by atoms with van der Waals surface area (Å²) in [6.07, 6.45) is 0. The SMILES string of the molecule is CC(=O)N(C)c1ccc(NC(=O)c2ccccc2N(C)c2ccccc2)cc1. The lowest BCUT2D eigenvalue weighted by atomic mass is 10.1. The summed E-state index contributed by atoms with van der Waals surface area (Å²) in [6, 6.07) is 24.6. The number of hydrogen-bond donors (Lipinski definition) is 1. The number of nitrogens with zero attached hydrogens (tertiary/aromatic N) is 2. The maximum absolute atomic E-state index is 12.9. The lowest BCUT2D eigenvalue weighted by Crippen LogP contribution is -2.22. The molecule has 0 aliphatic carbocycles. The maximum atomic E-state index is 12.9. The molecule has 2 amide bonds. The summed E-state index contributed by atoms with van der Waals surface area (Å²) in [5.74, 6) is -0.235. The van der Waals surface area contributed by atoms with Crippen molar-refractivity contribution in [1.29, 1.82) is 0 Å². The van der Waals surface area contributed by atoms with Gasteiger partial charge in [0.2, 0.25) is 5.91 Å². The fraction of sp³-hybridized carbons (Fsp3) is 0.130. The maximum Gasteiger partial charge on any atom is 0.257 e. The van der Waals surface area contributed by atoms with Crippen LogP contribution in [0.25, 0.3) is 0 Å². The van der Waals surface area contributed by atoms with Gasteiger partial charge in [-0.15, -0.1) is 0 Å². The van der Waals surface area contributed by atoms with Crippen LogP contribution in [-0.2, 0) is 4.79 Å². The van der Waals surface area contributed by atoms with Gasteiger partial charge in [0.25, 0.3) is 5.91 Å². The minimum Gasteiger partial charge on any atom is -0.344 e. The molecule has 3 aromatic rings. The number of rotatable bonds is 5. The van der Waals surface area contributed by atoms with Gasteiger partial charge in [-0.25, -0.2) is 0 Å². The van der Waals surface area contributed by atoms with Gasteiger partial charge in [0.05, 0.1) is 11.3 Å². The quantitative estimate of drug-likeness (QED) is 0.706. The Hall–Kier alpha value is -3.60. The molecule has 0 spiro atoms. The zero-order chi connectivity index (χ0) is 20.1. The summed E-state index contributed by atoms with van der Waals surface area (Å²) < 4.78 is 0. The number of carbonyl (C=O) groups excluding carboxylic acids is 2. The monoisotopic (exact) mass is 373 g/mol. The molecule has 5 nitrogen and oxygen atoms in total. The van der Waals surface area contributed by atoms with Crippen molar-refractivity contribution >= 4 is 34.6 Å². The molecule has 0 atom stereocenters. The molecular formula is C23H23N3O2. The number of hydrogen-bond acceptors (Lipinski definition) is 3. The second kappa shape index (κ2) is 8.39. The molecule has 0 saturated carbocycles. The lowest BCUT2D eigenvalue weighted by Gasteiger charge is -2.22. The Morgan fingerprint density at radius 1 is 0.750 bits per heavy atom. The first-order valence-corrected chi connectivity index (χ1v) is 9.01. The highest BCUT2D eigenvalue weighted by Gasteiger charge is 2.15. The highest BCUT2D eigenvalue weighted by atomic mass is 16.2. The van der Waals surface area contributed by atoms with Crippen LogP contribution >= 0.6 is 0 Å². The second-order valence-corrected chi connectivity index (χ2v) is 6.49. The molecule has 0 heterocycles. The number of para-hydroxylation sites is 2. The van der Waals surface area contributed by atoms with Gasteiger partial charge in [-0.1, -0.05) is 30.3 Å². The Kier molecular flexibility index (Phi) is 5.75. The first kappa shape index (κ1) is 19.2. The van der Waals surface area contributed by atoms with Gasteiger partial charge < -0.3 is 15.1 Å². The predicted molar refractivity (Wildman–Crippen MR) is 114 cm³/mol. The van der Waals surface area contributed by atoms with E-state index >= 15 is 0 Å². The van der Waals surface area contributed by atoms with E-state index in [9.17, 15) is 9.59 Å². The molecule has 0 aliphatic rings. The largest absolute Gasteiger partial charge is 0.344 e. The van der Waals surface area contributed by atoms with Crippen molar-refractivity contribution in [3.05, 3.63) is 84.4 Å². The summed E-state index contributed by atoms with van der Waals surface area (Å²) >= 11 is 0. The fourth-order valence-electron chi connectivity index (χ4n) is 2.90. The number of anilines is 4. The number of amides is 2. The van der Waals surface area contributed by atoms with Crippen LogP contribution in [0.15, 0.2) is 78.9 Å². The molecule has 0 aromatic heterocycles. The minimum atomic E-state index is -0.189. The third-order valence-corrected chi connectivity index (χ3v) is 4.64. The third-order valence-electron chi connectivity index (χ3n) is 4.64. The predicted octanol–water partition coefficient (Wildman–Crippen LogP) is 4.69. The Balaban J connectivity index is 1.81. The molecule has 3 rings (SSSR count). The molecule has 0 bridgehead atoms. The van der Waals surface area contributed by atoms with Gasteiger partial charge in [-0.2, -0.15) is 0 Å². The zero-order valence-corrected chi connectivity index (χ0v) is 16.2. The summed E-state index contributed by atoms with van der Waals surface area (Å²) in [4.78, 5) is 27.9. The van der Waals surface area contributed by atoms with Gasteiger partial charge in [-0.05, 0) is 48.5 Å². The molecule has 28 heavy (non-hydrogen) atoms.